The number of aryl methyl sites for hydroxylation is 2. The van der Waals surface area contributed by atoms with Crippen LogP contribution in [0.5, 0.6) is 0 Å². The van der Waals surface area contributed by atoms with E-state index in [-0.39, 0.29) is 16.6 Å². The first-order chi connectivity index (χ1) is 13.2. The van der Waals surface area contributed by atoms with Crippen molar-refractivity contribution in [2.45, 2.75) is 20.8 Å². The number of para-hydroxylation sites is 1. The number of ketones is 1. The van der Waals surface area contributed by atoms with Gasteiger partial charge in [0.05, 0.1) is 5.92 Å². The van der Waals surface area contributed by atoms with Gasteiger partial charge in [-0.1, -0.05) is 29.8 Å². The Kier molecular flexibility index (Phi) is 7.25. The van der Waals surface area contributed by atoms with Crippen LogP contribution in [0.15, 0.2) is 47.6 Å². The van der Waals surface area contributed by atoms with Gasteiger partial charge < -0.3 is 11.1 Å². The monoisotopic (exact) mass is 416 g/mol. The van der Waals surface area contributed by atoms with E-state index in [0.29, 0.717) is 16.3 Å². The average Bonchev–Trinajstić information content (AvgIpc) is 2.64. The van der Waals surface area contributed by atoms with Gasteiger partial charge in [-0.05, 0) is 68.4 Å². The molecule has 2 aromatic rings. The second-order valence-corrected chi connectivity index (χ2v) is 7.16. The Labute approximate surface area is 174 Å². The second-order valence-electron chi connectivity index (χ2n) is 6.29. The number of Topliss-reactive ketones (excluding diaryl/α,β-unsaturated/α-hetero) is 1. The molecule has 0 aliphatic heterocycles. The largest absolute Gasteiger partial charge is 0.375 e. The minimum absolute atomic E-state index is 0.0320. The highest BCUT2D eigenvalue weighted by atomic mass is 35.5. The summed E-state index contributed by atoms with van der Waals surface area (Å²) >= 11 is 10.6. The number of hydrogen-bond donors (Lipinski definition) is 3. The van der Waals surface area contributed by atoms with E-state index in [0.717, 1.165) is 11.1 Å². The minimum atomic E-state index is -0.840. The number of benzene rings is 2. The zero-order valence-electron chi connectivity index (χ0n) is 15.7. The van der Waals surface area contributed by atoms with Crippen LogP contribution in [0.25, 0.3) is 0 Å². The molecule has 2 rings (SSSR count). The normalized spacial score (nSPS) is 12.2. The molecule has 1 unspecified atom stereocenters. The number of nitrogens with zero attached hydrogens (tertiary/aromatic N) is 1. The first-order valence-electron chi connectivity index (χ1n) is 8.51. The van der Waals surface area contributed by atoms with E-state index in [4.69, 9.17) is 29.6 Å². The van der Waals surface area contributed by atoms with Gasteiger partial charge in [-0.25, -0.2) is 0 Å². The van der Waals surface area contributed by atoms with Crippen LogP contribution < -0.4 is 16.5 Å². The first kappa shape index (κ1) is 21.5. The lowest BCUT2D eigenvalue weighted by Gasteiger charge is -2.16. The number of carbonyl (C=O) groups is 2. The maximum atomic E-state index is 12.9. The van der Waals surface area contributed by atoms with Gasteiger partial charge in [0.1, 0.15) is 5.71 Å². The predicted molar refractivity (Wildman–Crippen MR) is 117 cm³/mol. The minimum Gasteiger partial charge on any atom is -0.375 e. The Balaban J connectivity index is 2.34. The summed E-state index contributed by atoms with van der Waals surface area (Å²) in [5.74, 6) is -1.64. The highest BCUT2D eigenvalue weighted by molar-refractivity contribution is 7.80. The molecule has 0 saturated carbocycles. The van der Waals surface area contributed by atoms with E-state index in [1.807, 2.05) is 32.0 Å². The van der Waals surface area contributed by atoms with E-state index in [1.54, 1.807) is 31.2 Å². The first-order valence-corrected chi connectivity index (χ1v) is 9.29. The number of hydrogen-bond acceptors (Lipinski definition) is 4. The fraction of sp³-hybridized carbons (Fsp3) is 0.200. The molecule has 146 valence electrons. The quantitative estimate of drug-likeness (QED) is 0.289. The maximum Gasteiger partial charge on any atom is 0.272 e. The van der Waals surface area contributed by atoms with Gasteiger partial charge in [-0.2, -0.15) is 5.10 Å². The van der Waals surface area contributed by atoms with Crippen LogP contribution >= 0.6 is 23.8 Å². The van der Waals surface area contributed by atoms with Crippen LogP contribution in [-0.2, 0) is 4.79 Å². The Morgan fingerprint density at radius 1 is 1.11 bits per heavy atom. The average molecular weight is 417 g/mol. The number of hydrazone groups is 1. The molecular weight excluding hydrogens is 396 g/mol. The highest BCUT2D eigenvalue weighted by Gasteiger charge is 2.27. The van der Waals surface area contributed by atoms with Crippen LogP contribution in [0.2, 0.25) is 5.02 Å². The predicted octanol–water partition coefficient (Wildman–Crippen LogP) is 3.60. The summed E-state index contributed by atoms with van der Waals surface area (Å²) in [6.45, 7) is 5.37. The number of thiocarbonyl (C=S) groups is 1. The number of carbonyl (C=O) groups excluding carboxylic acids is 2. The molecule has 0 saturated heterocycles. The maximum absolute atomic E-state index is 12.9. The molecular formula is C20H21ClN4O2S. The molecule has 6 nitrogen and oxygen atoms in total. The lowest BCUT2D eigenvalue weighted by molar-refractivity contribution is -0.110. The molecule has 0 bridgehead atoms. The summed E-state index contributed by atoms with van der Waals surface area (Å²) in [7, 11) is 0. The van der Waals surface area contributed by atoms with Crippen molar-refractivity contribution >= 4 is 52.0 Å². The van der Waals surface area contributed by atoms with Crippen molar-refractivity contribution in [3.05, 3.63) is 64.2 Å². The molecule has 0 aliphatic rings. The van der Waals surface area contributed by atoms with Gasteiger partial charge in [0, 0.05) is 16.3 Å². The molecule has 0 fully saturated rings. The van der Waals surface area contributed by atoms with Crippen LogP contribution in [0.3, 0.4) is 0 Å². The Morgan fingerprint density at radius 3 is 2.21 bits per heavy atom. The number of anilines is 1. The topological polar surface area (TPSA) is 96.6 Å². The smallest absolute Gasteiger partial charge is 0.272 e. The zero-order chi connectivity index (χ0) is 20.8. The van der Waals surface area contributed by atoms with E-state index in [2.05, 4.69) is 15.8 Å². The third-order valence-electron chi connectivity index (χ3n) is 4.17. The summed E-state index contributed by atoms with van der Waals surface area (Å²) in [4.78, 5) is 25.8. The standard InChI is InChI=1S/C20H21ClN4O2S/c1-11-5-4-6-12(2)16(11)23-19(27)17(24-25-20(22)28)13(3)18(26)14-7-9-15(21)10-8-14/h4-10,13H,1-3H3,(H,23,27)(H3,22,25,28)/b24-17-. The molecule has 1 atom stereocenters. The van der Waals surface area contributed by atoms with E-state index in [9.17, 15) is 9.59 Å². The third kappa shape index (κ3) is 5.37. The van der Waals surface area contributed by atoms with Crippen LogP contribution in [0.4, 0.5) is 5.69 Å². The van der Waals surface area contributed by atoms with Crippen LogP contribution in [0.1, 0.15) is 28.4 Å². The fourth-order valence-corrected chi connectivity index (χ4v) is 2.81. The summed E-state index contributed by atoms with van der Waals surface area (Å²) in [5, 5.41) is 7.22. The van der Waals surface area contributed by atoms with Crippen molar-refractivity contribution in [1.29, 1.82) is 0 Å². The number of nitrogens with one attached hydrogen (secondary N) is 2. The number of nitrogens with two attached hydrogens (primary N) is 1. The summed E-state index contributed by atoms with van der Waals surface area (Å²) in [5.41, 5.74) is 10.7. The lowest BCUT2D eigenvalue weighted by Crippen LogP contribution is -2.36. The highest BCUT2D eigenvalue weighted by Crippen LogP contribution is 2.21. The molecule has 0 aliphatic carbocycles. The Morgan fingerprint density at radius 2 is 1.68 bits per heavy atom. The lowest BCUT2D eigenvalue weighted by atomic mass is 9.94. The number of halogens is 1. The summed E-state index contributed by atoms with van der Waals surface area (Å²) in [6.07, 6.45) is 0. The molecule has 4 N–H and O–H groups in total. The molecule has 28 heavy (non-hydrogen) atoms. The molecule has 1 amide bonds. The van der Waals surface area contributed by atoms with Crippen LogP contribution in [0, 0.1) is 19.8 Å². The molecule has 2 aromatic carbocycles. The fourth-order valence-electron chi connectivity index (χ4n) is 2.64. The van der Waals surface area contributed by atoms with Crippen LogP contribution in [-0.4, -0.2) is 22.5 Å². The van der Waals surface area contributed by atoms with Gasteiger partial charge in [0.15, 0.2) is 10.9 Å². The van der Waals surface area contributed by atoms with Crippen molar-refractivity contribution in [1.82, 2.24) is 5.43 Å². The van der Waals surface area contributed by atoms with Gasteiger partial charge in [0.25, 0.3) is 5.91 Å². The molecule has 0 spiro atoms. The van der Waals surface area contributed by atoms with Gasteiger partial charge in [-0.3, -0.25) is 15.0 Å². The van der Waals surface area contributed by atoms with Crippen molar-refractivity contribution < 1.29 is 9.59 Å². The Bertz CT molecular complexity index is 921. The van der Waals surface area contributed by atoms with Gasteiger partial charge in [-0.15, -0.1) is 0 Å². The SMILES string of the molecule is Cc1cccc(C)c1NC(=O)/C(=N\NC(N)=S)C(C)C(=O)c1ccc(Cl)cc1. The van der Waals surface area contributed by atoms with Gasteiger partial charge in [0.2, 0.25) is 0 Å². The summed E-state index contributed by atoms with van der Waals surface area (Å²) in [6, 6.07) is 12.1. The molecule has 0 heterocycles. The van der Waals surface area contributed by atoms with Gasteiger partial charge >= 0.3 is 0 Å². The van der Waals surface area contributed by atoms with Crippen molar-refractivity contribution in [2.75, 3.05) is 5.32 Å². The van der Waals surface area contributed by atoms with E-state index in [1.165, 1.54) is 0 Å². The molecule has 0 radical (unpaired) electrons. The van der Waals surface area contributed by atoms with Crippen molar-refractivity contribution in [3.8, 4) is 0 Å². The van der Waals surface area contributed by atoms with Crippen molar-refractivity contribution in [2.24, 2.45) is 16.8 Å². The van der Waals surface area contributed by atoms with E-state index < -0.39 is 11.8 Å². The third-order valence-corrected chi connectivity index (χ3v) is 4.51. The summed E-state index contributed by atoms with van der Waals surface area (Å²) < 4.78 is 0. The second kappa shape index (κ2) is 9.43. The van der Waals surface area contributed by atoms with Crippen molar-refractivity contribution in [3.63, 3.8) is 0 Å². The number of rotatable bonds is 6. The zero-order valence-corrected chi connectivity index (χ0v) is 17.3. The number of amides is 1. The molecule has 8 heteroatoms. The van der Waals surface area contributed by atoms with E-state index >= 15 is 0 Å². The Hall–Kier alpha value is -2.77. The molecule has 0 aromatic heterocycles.